The number of rotatable bonds is 6. The predicted molar refractivity (Wildman–Crippen MR) is 78.2 cm³/mol. The van der Waals surface area contributed by atoms with Gasteiger partial charge in [-0.25, -0.2) is 15.8 Å². The Kier molecular flexibility index (Phi) is 4.93. The van der Waals surface area contributed by atoms with Crippen LogP contribution in [0.1, 0.15) is 25.6 Å². The van der Waals surface area contributed by atoms with Gasteiger partial charge in [-0.1, -0.05) is 6.92 Å². The molecule has 0 aromatic carbocycles. The molecule has 0 amide bonds. The third-order valence-corrected chi connectivity index (χ3v) is 3.56. The van der Waals surface area contributed by atoms with Gasteiger partial charge in [-0.15, -0.1) is 0 Å². The molecule has 6 heteroatoms. The summed E-state index contributed by atoms with van der Waals surface area (Å²) in [5, 5.41) is 0. The van der Waals surface area contributed by atoms with Crippen LogP contribution in [0.5, 0.6) is 0 Å². The highest BCUT2D eigenvalue weighted by Gasteiger charge is 2.13. The Labute approximate surface area is 115 Å². The van der Waals surface area contributed by atoms with Gasteiger partial charge < -0.3 is 15.2 Å². The Morgan fingerprint density at radius 2 is 2.11 bits per heavy atom. The lowest BCUT2D eigenvalue weighted by Gasteiger charge is -2.23. The highest BCUT2D eigenvalue weighted by atomic mass is 15.3. The maximum atomic E-state index is 5.45. The minimum absolute atomic E-state index is 0.676. The zero-order valence-electron chi connectivity index (χ0n) is 11.9. The molecule has 0 bridgehead atoms. The Bertz CT molecular complexity index is 380. The Morgan fingerprint density at radius 1 is 1.37 bits per heavy atom. The van der Waals surface area contributed by atoms with E-state index in [1.165, 1.54) is 25.9 Å². The normalized spacial score (nSPS) is 15.7. The van der Waals surface area contributed by atoms with Crippen molar-refractivity contribution >= 4 is 11.6 Å². The molecule has 0 aliphatic carbocycles. The molecule has 0 radical (unpaired) electrons. The van der Waals surface area contributed by atoms with Crippen molar-refractivity contribution in [3.63, 3.8) is 0 Å². The lowest BCUT2D eigenvalue weighted by atomic mass is 10.4. The number of hydrogen-bond acceptors (Lipinski definition) is 6. The number of nitrogens with two attached hydrogens (primary N) is 1. The summed E-state index contributed by atoms with van der Waals surface area (Å²) in [4.78, 5) is 13.5. The van der Waals surface area contributed by atoms with Crippen LogP contribution in [-0.4, -0.2) is 48.1 Å². The zero-order chi connectivity index (χ0) is 13.7. The van der Waals surface area contributed by atoms with Gasteiger partial charge in [-0.2, -0.15) is 0 Å². The quantitative estimate of drug-likeness (QED) is 0.586. The molecule has 1 saturated heterocycles. The van der Waals surface area contributed by atoms with Crippen LogP contribution in [0.25, 0.3) is 0 Å². The van der Waals surface area contributed by atoms with E-state index in [0.717, 1.165) is 31.2 Å². The van der Waals surface area contributed by atoms with E-state index < -0.39 is 0 Å². The maximum absolute atomic E-state index is 5.45. The van der Waals surface area contributed by atoms with E-state index >= 15 is 0 Å². The number of nitrogens with zero attached hydrogens (tertiary/aromatic N) is 4. The molecule has 1 aromatic rings. The van der Waals surface area contributed by atoms with Crippen LogP contribution in [0.4, 0.5) is 11.6 Å². The summed E-state index contributed by atoms with van der Waals surface area (Å²) in [5.74, 6) is 7.87. The van der Waals surface area contributed by atoms with Crippen LogP contribution in [0.15, 0.2) is 6.07 Å². The molecule has 19 heavy (non-hydrogen) atoms. The fourth-order valence-corrected chi connectivity index (χ4v) is 2.32. The first-order valence-corrected chi connectivity index (χ1v) is 7.01. The van der Waals surface area contributed by atoms with Gasteiger partial charge in [0.1, 0.15) is 17.5 Å². The number of likely N-dealkylation sites (tertiary alicyclic amines) is 1. The van der Waals surface area contributed by atoms with Crippen LogP contribution in [0, 0.1) is 0 Å². The van der Waals surface area contributed by atoms with Gasteiger partial charge in [-0.05, 0) is 25.9 Å². The monoisotopic (exact) mass is 264 g/mol. The number of anilines is 2. The van der Waals surface area contributed by atoms with Crippen molar-refractivity contribution in [3.8, 4) is 0 Å². The van der Waals surface area contributed by atoms with Gasteiger partial charge in [0.05, 0.1) is 0 Å². The standard InChI is InChI=1S/C13H24N6/c1-3-11-15-12(17-14)10-13(16-11)18(2)8-9-19-6-4-5-7-19/h10H,3-9,14H2,1-2H3,(H,15,16,17). The van der Waals surface area contributed by atoms with E-state index in [1.54, 1.807) is 0 Å². The topological polar surface area (TPSA) is 70.3 Å². The van der Waals surface area contributed by atoms with Crippen molar-refractivity contribution in [2.45, 2.75) is 26.2 Å². The second kappa shape index (κ2) is 6.68. The zero-order valence-corrected chi connectivity index (χ0v) is 11.9. The van der Waals surface area contributed by atoms with Gasteiger partial charge in [-0.3, -0.25) is 0 Å². The molecular weight excluding hydrogens is 240 g/mol. The van der Waals surface area contributed by atoms with Gasteiger partial charge in [0, 0.05) is 32.6 Å². The third kappa shape index (κ3) is 3.78. The van der Waals surface area contributed by atoms with E-state index in [9.17, 15) is 0 Å². The Hall–Kier alpha value is -1.40. The van der Waals surface area contributed by atoms with Crippen molar-refractivity contribution in [1.82, 2.24) is 14.9 Å². The fraction of sp³-hybridized carbons (Fsp3) is 0.692. The molecule has 6 nitrogen and oxygen atoms in total. The molecule has 1 fully saturated rings. The summed E-state index contributed by atoms with van der Waals surface area (Å²) < 4.78 is 0. The summed E-state index contributed by atoms with van der Waals surface area (Å²) in [7, 11) is 2.07. The summed E-state index contributed by atoms with van der Waals surface area (Å²) >= 11 is 0. The minimum atomic E-state index is 0.676. The Morgan fingerprint density at radius 3 is 2.74 bits per heavy atom. The highest BCUT2D eigenvalue weighted by Crippen LogP contribution is 2.15. The van der Waals surface area contributed by atoms with Gasteiger partial charge in [0.15, 0.2) is 0 Å². The fourth-order valence-electron chi connectivity index (χ4n) is 2.32. The molecule has 0 saturated carbocycles. The number of likely N-dealkylation sites (N-methyl/N-ethyl adjacent to an activating group) is 1. The lowest BCUT2D eigenvalue weighted by Crippen LogP contribution is -2.32. The van der Waals surface area contributed by atoms with Crippen LogP contribution in [0.3, 0.4) is 0 Å². The highest BCUT2D eigenvalue weighted by molar-refractivity contribution is 5.48. The van der Waals surface area contributed by atoms with Crippen LogP contribution >= 0.6 is 0 Å². The van der Waals surface area contributed by atoms with Crippen LogP contribution in [0.2, 0.25) is 0 Å². The number of nitrogen functional groups attached to an aromatic ring is 1. The van der Waals surface area contributed by atoms with E-state index in [2.05, 4.69) is 32.2 Å². The molecule has 0 spiro atoms. The van der Waals surface area contributed by atoms with E-state index in [-0.39, 0.29) is 0 Å². The number of hydrogen-bond donors (Lipinski definition) is 2. The first-order chi connectivity index (χ1) is 9.22. The van der Waals surface area contributed by atoms with Gasteiger partial charge in [0.2, 0.25) is 0 Å². The van der Waals surface area contributed by atoms with E-state index in [1.807, 2.05) is 13.0 Å². The summed E-state index contributed by atoms with van der Waals surface area (Å²) in [6.07, 6.45) is 3.47. The second-order valence-electron chi connectivity index (χ2n) is 5.00. The average molecular weight is 264 g/mol. The minimum Gasteiger partial charge on any atom is -0.358 e. The van der Waals surface area contributed by atoms with E-state index in [0.29, 0.717) is 5.82 Å². The molecule has 1 aromatic heterocycles. The SMILES string of the molecule is CCc1nc(NN)cc(N(C)CCN2CCCC2)n1. The van der Waals surface area contributed by atoms with E-state index in [4.69, 9.17) is 5.84 Å². The third-order valence-electron chi connectivity index (χ3n) is 3.56. The summed E-state index contributed by atoms with van der Waals surface area (Å²) in [6, 6.07) is 1.89. The number of aryl methyl sites for hydroxylation is 1. The molecule has 1 aliphatic rings. The first-order valence-electron chi connectivity index (χ1n) is 7.01. The number of nitrogens with one attached hydrogen (secondary N) is 1. The van der Waals surface area contributed by atoms with Crippen molar-refractivity contribution in [2.24, 2.45) is 5.84 Å². The van der Waals surface area contributed by atoms with Crippen molar-refractivity contribution < 1.29 is 0 Å². The molecule has 2 rings (SSSR count). The average Bonchev–Trinajstić information content (AvgIpc) is 2.97. The molecular formula is C13H24N6. The number of hydrazine groups is 1. The molecule has 106 valence electrons. The largest absolute Gasteiger partial charge is 0.358 e. The smallest absolute Gasteiger partial charge is 0.145 e. The maximum Gasteiger partial charge on any atom is 0.145 e. The van der Waals surface area contributed by atoms with Crippen LogP contribution < -0.4 is 16.2 Å². The molecule has 0 unspecified atom stereocenters. The van der Waals surface area contributed by atoms with Gasteiger partial charge in [0.25, 0.3) is 0 Å². The molecule has 0 atom stereocenters. The summed E-state index contributed by atoms with van der Waals surface area (Å²) in [5.41, 5.74) is 2.61. The first kappa shape index (κ1) is 14.0. The molecule has 3 N–H and O–H groups in total. The van der Waals surface area contributed by atoms with Crippen molar-refractivity contribution in [2.75, 3.05) is 43.6 Å². The molecule has 2 heterocycles. The molecule has 1 aliphatic heterocycles. The second-order valence-corrected chi connectivity index (χ2v) is 5.00. The summed E-state index contributed by atoms with van der Waals surface area (Å²) in [6.45, 7) is 6.57. The Balaban J connectivity index is 1.98. The van der Waals surface area contributed by atoms with Gasteiger partial charge >= 0.3 is 0 Å². The van der Waals surface area contributed by atoms with Crippen LogP contribution in [-0.2, 0) is 6.42 Å². The lowest BCUT2D eigenvalue weighted by molar-refractivity contribution is 0.346. The number of aromatic nitrogens is 2. The van der Waals surface area contributed by atoms with Crippen molar-refractivity contribution in [1.29, 1.82) is 0 Å². The predicted octanol–water partition coefficient (Wildman–Crippen LogP) is 0.857. The van der Waals surface area contributed by atoms with Crippen molar-refractivity contribution in [3.05, 3.63) is 11.9 Å².